The van der Waals surface area contributed by atoms with Gasteiger partial charge in [-0.1, -0.05) is 13.3 Å². The number of halogens is 1. The lowest BCUT2D eigenvalue weighted by Gasteiger charge is -2.11. The molecule has 0 spiro atoms. The third-order valence-electron chi connectivity index (χ3n) is 3.08. The minimum absolute atomic E-state index is 0.201. The topological polar surface area (TPSA) is 64.2 Å². The minimum atomic E-state index is -0.201. The number of aromatic nitrogens is 2. The van der Waals surface area contributed by atoms with E-state index in [4.69, 9.17) is 9.47 Å². The maximum Gasteiger partial charge on any atom is 0.265 e. The molecule has 0 unspecified atom stereocenters. The molecule has 0 amide bonds. The van der Waals surface area contributed by atoms with Crippen LogP contribution in [0.4, 0.5) is 0 Å². The van der Waals surface area contributed by atoms with Gasteiger partial charge in [0.2, 0.25) is 0 Å². The Labute approximate surface area is 131 Å². The zero-order valence-electron chi connectivity index (χ0n) is 12.2. The van der Waals surface area contributed by atoms with E-state index in [0.29, 0.717) is 27.4 Å². The molecule has 5 nitrogen and oxygen atoms in total. The molecule has 1 aromatic heterocycles. The lowest BCUT2D eigenvalue weighted by molar-refractivity contribution is 0.404. The molecular formula is C15H17BrN2O3. The quantitative estimate of drug-likeness (QED) is 0.897. The van der Waals surface area contributed by atoms with E-state index < -0.39 is 0 Å². The van der Waals surface area contributed by atoms with E-state index in [1.165, 1.54) is 0 Å². The van der Waals surface area contributed by atoms with Crippen molar-refractivity contribution < 1.29 is 9.47 Å². The summed E-state index contributed by atoms with van der Waals surface area (Å²) < 4.78 is 11.0. The van der Waals surface area contributed by atoms with E-state index in [9.17, 15) is 4.79 Å². The van der Waals surface area contributed by atoms with Crippen molar-refractivity contribution in [3.8, 4) is 22.9 Å². The average Bonchev–Trinajstić information content (AvgIpc) is 2.51. The van der Waals surface area contributed by atoms with Crippen molar-refractivity contribution in [2.75, 3.05) is 14.2 Å². The van der Waals surface area contributed by atoms with Crippen LogP contribution in [0.5, 0.6) is 11.5 Å². The van der Waals surface area contributed by atoms with Gasteiger partial charge in [0.15, 0.2) is 0 Å². The summed E-state index contributed by atoms with van der Waals surface area (Å²) in [6.45, 7) is 2.04. The first kappa shape index (κ1) is 15.6. The predicted molar refractivity (Wildman–Crippen MR) is 85.1 cm³/mol. The van der Waals surface area contributed by atoms with Crippen LogP contribution < -0.4 is 15.0 Å². The summed E-state index contributed by atoms with van der Waals surface area (Å²) in [5.74, 6) is 1.78. The van der Waals surface area contributed by atoms with Crippen LogP contribution in [-0.2, 0) is 6.42 Å². The fraction of sp³-hybridized carbons (Fsp3) is 0.333. The lowest BCUT2D eigenvalue weighted by Crippen LogP contribution is -2.14. The zero-order valence-corrected chi connectivity index (χ0v) is 13.8. The van der Waals surface area contributed by atoms with Crippen molar-refractivity contribution in [1.29, 1.82) is 0 Å². The molecule has 0 aliphatic heterocycles. The SMILES string of the molecule is CCCc1nc(-c2cc(OC)ccc2OC)[nH]c(=O)c1Br. The van der Waals surface area contributed by atoms with Gasteiger partial charge in [0, 0.05) is 0 Å². The molecule has 0 fully saturated rings. The molecule has 0 aliphatic rings. The van der Waals surface area contributed by atoms with Crippen LogP contribution in [0.1, 0.15) is 19.0 Å². The summed E-state index contributed by atoms with van der Waals surface area (Å²) in [6.07, 6.45) is 1.63. The van der Waals surface area contributed by atoms with Gasteiger partial charge >= 0.3 is 0 Å². The van der Waals surface area contributed by atoms with Crippen LogP contribution in [0.2, 0.25) is 0 Å². The summed E-state index contributed by atoms with van der Waals surface area (Å²) in [6, 6.07) is 5.38. The summed E-state index contributed by atoms with van der Waals surface area (Å²) in [4.78, 5) is 19.4. The van der Waals surface area contributed by atoms with Crippen LogP contribution in [0, 0.1) is 0 Å². The summed E-state index contributed by atoms with van der Waals surface area (Å²) in [5.41, 5.74) is 1.23. The summed E-state index contributed by atoms with van der Waals surface area (Å²) >= 11 is 3.29. The fourth-order valence-corrected chi connectivity index (χ4v) is 2.42. The molecule has 2 rings (SSSR count). The molecule has 0 atom stereocenters. The summed E-state index contributed by atoms with van der Waals surface area (Å²) in [7, 11) is 3.17. The first-order chi connectivity index (χ1) is 10.1. The normalized spacial score (nSPS) is 10.5. The molecule has 0 saturated carbocycles. The molecule has 1 aromatic carbocycles. The Bertz CT molecular complexity index is 698. The molecular weight excluding hydrogens is 336 g/mol. The number of hydrogen-bond donors (Lipinski definition) is 1. The molecule has 0 saturated heterocycles. The number of aryl methyl sites for hydroxylation is 1. The van der Waals surface area contributed by atoms with E-state index in [-0.39, 0.29) is 5.56 Å². The Kier molecular flexibility index (Phi) is 5.01. The van der Waals surface area contributed by atoms with Crippen molar-refractivity contribution in [3.05, 3.63) is 38.7 Å². The second kappa shape index (κ2) is 6.76. The maximum absolute atomic E-state index is 12.0. The lowest BCUT2D eigenvalue weighted by atomic mass is 10.1. The highest BCUT2D eigenvalue weighted by molar-refractivity contribution is 9.10. The Morgan fingerprint density at radius 2 is 2.05 bits per heavy atom. The molecule has 1 heterocycles. The largest absolute Gasteiger partial charge is 0.497 e. The van der Waals surface area contributed by atoms with Gasteiger partial charge in [0.05, 0.1) is 25.5 Å². The second-order valence-electron chi connectivity index (χ2n) is 4.49. The number of benzene rings is 1. The third-order valence-corrected chi connectivity index (χ3v) is 3.90. The van der Waals surface area contributed by atoms with E-state index in [1.807, 2.05) is 6.92 Å². The third kappa shape index (κ3) is 3.26. The van der Waals surface area contributed by atoms with Crippen molar-refractivity contribution in [2.24, 2.45) is 0 Å². The number of hydrogen-bond acceptors (Lipinski definition) is 4. The van der Waals surface area contributed by atoms with Gasteiger partial charge < -0.3 is 14.5 Å². The van der Waals surface area contributed by atoms with Gasteiger partial charge in [-0.3, -0.25) is 4.79 Å². The average molecular weight is 353 g/mol. The van der Waals surface area contributed by atoms with E-state index >= 15 is 0 Å². The highest BCUT2D eigenvalue weighted by Gasteiger charge is 2.14. The fourth-order valence-electron chi connectivity index (χ4n) is 2.03. The van der Waals surface area contributed by atoms with Crippen LogP contribution in [0.3, 0.4) is 0 Å². The van der Waals surface area contributed by atoms with Crippen molar-refractivity contribution >= 4 is 15.9 Å². The maximum atomic E-state index is 12.0. The predicted octanol–water partition coefficient (Wildman–Crippen LogP) is 3.17. The summed E-state index contributed by atoms with van der Waals surface area (Å²) in [5, 5.41) is 0. The Balaban J connectivity index is 2.63. The number of ether oxygens (including phenoxy) is 2. The first-order valence-electron chi connectivity index (χ1n) is 6.61. The molecule has 21 heavy (non-hydrogen) atoms. The van der Waals surface area contributed by atoms with E-state index in [2.05, 4.69) is 25.9 Å². The number of nitrogens with one attached hydrogen (secondary N) is 1. The molecule has 0 bridgehead atoms. The van der Waals surface area contributed by atoms with Gasteiger partial charge in [-0.15, -0.1) is 0 Å². The van der Waals surface area contributed by atoms with Gasteiger partial charge in [-0.2, -0.15) is 0 Å². The molecule has 2 aromatic rings. The standard InChI is InChI=1S/C15H17BrN2O3/c1-4-5-11-13(16)15(19)18-14(17-11)10-8-9(20-2)6-7-12(10)21-3/h6-8H,4-5H2,1-3H3,(H,17,18,19). The highest BCUT2D eigenvalue weighted by Crippen LogP contribution is 2.31. The molecule has 6 heteroatoms. The first-order valence-corrected chi connectivity index (χ1v) is 7.41. The van der Waals surface area contributed by atoms with Crippen LogP contribution >= 0.6 is 15.9 Å². The number of rotatable bonds is 5. The molecule has 0 aliphatic carbocycles. The number of methoxy groups -OCH3 is 2. The second-order valence-corrected chi connectivity index (χ2v) is 5.28. The number of aromatic amines is 1. The minimum Gasteiger partial charge on any atom is -0.497 e. The van der Waals surface area contributed by atoms with Gasteiger partial charge in [0.25, 0.3) is 5.56 Å². The Hall–Kier alpha value is -1.82. The Morgan fingerprint density at radius 1 is 1.29 bits per heavy atom. The molecule has 112 valence electrons. The van der Waals surface area contributed by atoms with Crippen LogP contribution in [0.25, 0.3) is 11.4 Å². The van der Waals surface area contributed by atoms with Crippen LogP contribution in [0.15, 0.2) is 27.5 Å². The van der Waals surface area contributed by atoms with Gasteiger partial charge in [-0.25, -0.2) is 4.98 Å². The van der Waals surface area contributed by atoms with E-state index in [1.54, 1.807) is 32.4 Å². The van der Waals surface area contributed by atoms with Crippen LogP contribution in [-0.4, -0.2) is 24.2 Å². The molecule has 0 radical (unpaired) electrons. The smallest absolute Gasteiger partial charge is 0.265 e. The van der Waals surface area contributed by atoms with Crippen molar-refractivity contribution in [1.82, 2.24) is 9.97 Å². The zero-order chi connectivity index (χ0) is 15.4. The molecule has 1 N–H and O–H groups in total. The van der Waals surface area contributed by atoms with Gasteiger partial charge in [0.1, 0.15) is 21.8 Å². The van der Waals surface area contributed by atoms with Gasteiger partial charge in [-0.05, 0) is 40.5 Å². The highest BCUT2D eigenvalue weighted by atomic mass is 79.9. The van der Waals surface area contributed by atoms with Crippen molar-refractivity contribution in [2.45, 2.75) is 19.8 Å². The Morgan fingerprint density at radius 3 is 2.67 bits per heavy atom. The van der Waals surface area contributed by atoms with E-state index in [0.717, 1.165) is 18.5 Å². The number of nitrogens with zero attached hydrogens (tertiary/aromatic N) is 1. The van der Waals surface area contributed by atoms with Crippen molar-refractivity contribution in [3.63, 3.8) is 0 Å². The monoisotopic (exact) mass is 352 g/mol. The number of H-pyrrole nitrogens is 1.